The van der Waals surface area contributed by atoms with E-state index < -0.39 is 29.9 Å². The number of aliphatic carboxylic acids is 1. The van der Waals surface area contributed by atoms with E-state index in [1.54, 1.807) is 13.0 Å². The van der Waals surface area contributed by atoms with Crippen LogP contribution in [0, 0.1) is 11.8 Å². The topological polar surface area (TPSA) is 118 Å². The van der Waals surface area contributed by atoms with Crippen molar-refractivity contribution in [2.24, 2.45) is 11.8 Å². The van der Waals surface area contributed by atoms with Crippen molar-refractivity contribution in [2.75, 3.05) is 52.4 Å². The van der Waals surface area contributed by atoms with Gasteiger partial charge < -0.3 is 34.0 Å². The number of piperazine rings is 3. The largest absolute Gasteiger partial charge is 0.543 e. The van der Waals surface area contributed by atoms with Crippen LogP contribution in [0.1, 0.15) is 47.3 Å². The molecule has 0 radical (unpaired) electrons. The van der Waals surface area contributed by atoms with Crippen molar-refractivity contribution < 1.29 is 38.7 Å². The number of carbonyl (C=O) groups excluding carboxylic acids is 3. The highest BCUT2D eigenvalue weighted by molar-refractivity contribution is 6.22. The van der Waals surface area contributed by atoms with E-state index in [0.717, 1.165) is 78.9 Å². The second kappa shape index (κ2) is 9.57. The summed E-state index contributed by atoms with van der Waals surface area (Å²) in [5.74, 6) is -2.90. The predicted octanol–water partition coefficient (Wildman–Crippen LogP) is 0.760. The van der Waals surface area contributed by atoms with Crippen LogP contribution in [0.3, 0.4) is 0 Å². The number of rotatable bonds is 8. The fourth-order valence-electron chi connectivity index (χ4n) is 8.64. The van der Waals surface area contributed by atoms with Crippen LogP contribution in [-0.2, 0) is 16.1 Å². The number of carboxylic acids is 1. The first kappa shape index (κ1) is 27.5. The van der Waals surface area contributed by atoms with Crippen LogP contribution >= 0.6 is 0 Å². The molecule has 9 nitrogen and oxygen atoms in total. The number of fused-ring (bicyclic) bond motifs is 7. The first-order valence-corrected chi connectivity index (χ1v) is 15.2. The summed E-state index contributed by atoms with van der Waals surface area (Å²) in [6.45, 7) is 12.5. The molecule has 0 saturated carbocycles. The Morgan fingerprint density at radius 2 is 1.64 bits per heavy atom. The number of carboxylic acid groups (broad SMARTS) is 1. The maximum Gasteiger partial charge on any atom is 0.235 e. The molecule has 4 saturated heterocycles. The average molecular weight is 573 g/mol. The Morgan fingerprint density at radius 3 is 2.29 bits per heavy atom. The molecular weight excluding hydrogens is 534 g/mol. The van der Waals surface area contributed by atoms with Crippen LogP contribution in [0.5, 0.6) is 0 Å². The highest BCUT2D eigenvalue weighted by Crippen LogP contribution is 2.51. The second-order valence-electron chi connectivity index (χ2n) is 13.3. The van der Waals surface area contributed by atoms with Crippen molar-refractivity contribution in [3.05, 3.63) is 64.3 Å². The Balaban J connectivity index is 1.17. The van der Waals surface area contributed by atoms with E-state index in [2.05, 4.69) is 12.1 Å². The molecule has 2 aromatic rings. The molecule has 42 heavy (non-hydrogen) atoms. The number of carbonyl (C=O) groups is 3. The molecule has 4 atom stereocenters. The number of aliphatic hydroxyl groups is 2. The van der Waals surface area contributed by atoms with Crippen molar-refractivity contribution in [3.63, 3.8) is 0 Å². The number of nitrogens with zero attached hydrogens (tertiary/aromatic N) is 3. The molecule has 1 aliphatic carbocycles. The number of β-lactam (4-membered cyclic amide) rings is 1. The molecular formula is C33H38N3O6+. The van der Waals surface area contributed by atoms with Gasteiger partial charge in [-0.25, -0.2) is 0 Å². The Morgan fingerprint density at radius 1 is 0.976 bits per heavy atom. The summed E-state index contributed by atoms with van der Waals surface area (Å²) in [7, 11) is 0. The van der Waals surface area contributed by atoms with Crippen LogP contribution < -0.4 is 5.11 Å². The smallest absolute Gasteiger partial charge is 0.235 e. The van der Waals surface area contributed by atoms with Gasteiger partial charge >= 0.3 is 0 Å². The number of aliphatic hydroxyl groups excluding tert-OH is 2. The van der Waals surface area contributed by atoms with Gasteiger partial charge in [0.1, 0.15) is 45.8 Å². The average Bonchev–Trinajstić information content (AvgIpc) is 3.40. The number of hydrogen-bond acceptors (Lipinski definition) is 6. The van der Waals surface area contributed by atoms with Gasteiger partial charge in [-0.2, -0.15) is 0 Å². The second-order valence-corrected chi connectivity index (χ2v) is 13.3. The van der Waals surface area contributed by atoms with E-state index in [1.165, 1.54) is 10.5 Å². The maximum atomic E-state index is 13.6. The maximum absolute atomic E-state index is 13.6. The summed E-state index contributed by atoms with van der Waals surface area (Å²) in [5.41, 5.74) is 5.09. The lowest BCUT2D eigenvalue weighted by Gasteiger charge is -2.55. The van der Waals surface area contributed by atoms with Crippen LogP contribution in [0.25, 0.3) is 16.7 Å². The lowest BCUT2D eigenvalue weighted by atomic mass is 9.76. The molecule has 1 amide bonds. The van der Waals surface area contributed by atoms with Crippen LogP contribution in [0.4, 0.5) is 0 Å². The molecule has 0 spiro atoms. The highest BCUT2D eigenvalue weighted by atomic mass is 16.4. The van der Waals surface area contributed by atoms with Crippen molar-refractivity contribution >= 4 is 23.2 Å². The fourth-order valence-corrected chi connectivity index (χ4v) is 8.64. The molecule has 4 fully saturated rings. The minimum absolute atomic E-state index is 0.0789. The fraction of sp³-hybridized carbons (Fsp3) is 0.485. The summed E-state index contributed by atoms with van der Waals surface area (Å²) in [4.78, 5) is 39.8. The number of quaternary nitrogens is 2. The molecule has 5 heterocycles. The SMILES string of the molecule is C[C@@H](O)[C@H]1C(=O)N2C(C(=O)[O-])=C(c3ccc4c(c3)C(=O)c3ccc(C[N+]56CC[N+](CCCO)(CC5)CC6)cc3-4)[C@H](C)[C@H]12. The van der Waals surface area contributed by atoms with Gasteiger partial charge in [-0.15, -0.1) is 0 Å². The van der Waals surface area contributed by atoms with Gasteiger partial charge in [0.15, 0.2) is 5.78 Å². The van der Waals surface area contributed by atoms with E-state index in [4.69, 9.17) is 0 Å². The van der Waals surface area contributed by atoms with Gasteiger partial charge in [-0.3, -0.25) is 9.59 Å². The number of amides is 1. The third-order valence-corrected chi connectivity index (χ3v) is 11.0. The Hall–Kier alpha value is -3.37. The molecule has 0 aromatic heterocycles. The standard InChI is InChI=1S/C33H38N3O6/c1-19-27(30(33(41)42)34-29(19)28(20(2)38)32(34)40)22-5-7-23-25-16-21(4-6-24(25)31(39)26(23)17-22)18-36-12-9-35(10-13-36,11-14-36)8-3-15-37/h4-7,16-17,19-20,28-29,37-38H,3,8-15,18H2,1-2H3/q+1/t19-,20+,28+,29+,35?,36?/m0/s1. The molecule has 2 aromatic carbocycles. The molecule has 6 aliphatic rings. The van der Waals surface area contributed by atoms with Crippen LogP contribution in [0.15, 0.2) is 42.1 Å². The zero-order chi connectivity index (χ0) is 29.6. The quantitative estimate of drug-likeness (QED) is 0.304. The van der Waals surface area contributed by atoms with Crippen LogP contribution in [-0.4, -0.2) is 106 Å². The van der Waals surface area contributed by atoms with Crippen molar-refractivity contribution in [1.82, 2.24) is 4.90 Å². The third kappa shape index (κ3) is 3.87. The first-order valence-electron chi connectivity index (χ1n) is 15.2. The van der Waals surface area contributed by atoms with Gasteiger partial charge in [-0.05, 0) is 47.4 Å². The number of hydrogen-bond donors (Lipinski definition) is 2. The number of ketones is 1. The zero-order valence-corrected chi connectivity index (χ0v) is 24.2. The van der Waals surface area contributed by atoms with Gasteiger partial charge in [0.25, 0.3) is 0 Å². The Labute approximate surface area is 245 Å². The van der Waals surface area contributed by atoms with E-state index >= 15 is 0 Å². The predicted molar refractivity (Wildman–Crippen MR) is 152 cm³/mol. The van der Waals surface area contributed by atoms with Gasteiger partial charge in [0.05, 0.1) is 36.3 Å². The molecule has 5 aliphatic heterocycles. The first-order chi connectivity index (χ1) is 20.1. The molecule has 2 bridgehead atoms. The van der Waals surface area contributed by atoms with Crippen molar-refractivity contribution in [3.8, 4) is 11.1 Å². The van der Waals surface area contributed by atoms with E-state index in [9.17, 15) is 29.7 Å². The summed E-state index contributed by atoms with van der Waals surface area (Å²) >= 11 is 0. The highest BCUT2D eigenvalue weighted by Gasteiger charge is 2.58. The van der Waals surface area contributed by atoms with E-state index in [0.29, 0.717) is 22.3 Å². The molecule has 2 N–H and O–H groups in total. The van der Waals surface area contributed by atoms with E-state index in [-0.39, 0.29) is 24.0 Å². The summed E-state index contributed by atoms with van der Waals surface area (Å²) < 4.78 is 2.20. The molecule has 220 valence electrons. The summed E-state index contributed by atoms with van der Waals surface area (Å²) in [6.07, 6.45) is -0.0218. The normalized spacial score (nSPS) is 31.6. The van der Waals surface area contributed by atoms with Crippen molar-refractivity contribution in [2.45, 2.75) is 39.0 Å². The molecule has 0 unspecified atom stereocenters. The lowest BCUT2D eigenvalue weighted by molar-refractivity contribution is -1.09. The van der Waals surface area contributed by atoms with Gasteiger partial charge in [-0.1, -0.05) is 25.1 Å². The van der Waals surface area contributed by atoms with E-state index in [1.807, 2.05) is 25.1 Å². The Kier molecular flexibility index (Phi) is 6.26. The van der Waals surface area contributed by atoms with Gasteiger partial charge in [0.2, 0.25) is 5.91 Å². The third-order valence-electron chi connectivity index (χ3n) is 11.0. The lowest BCUT2D eigenvalue weighted by Crippen LogP contribution is -2.74. The minimum Gasteiger partial charge on any atom is -0.543 e. The molecule has 9 heteroatoms. The summed E-state index contributed by atoms with van der Waals surface area (Å²) in [5, 5.41) is 31.7. The monoisotopic (exact) mass is 572 g/mol. The number of benzene rings is 2. The summed E-state index contributed by atoms with van der Waals surface area (Å²) in [6, 6.07) is 11.2. The zero-order valence-electron chi connectivity index (χ0n) is 24.2. The van der Waals surface area contributed by atoms with Gasteiger partial charge in [0, 0.05) is 35.6 Å². The van der Waals surface area contributed by atoms with Crippen LogP contribution in [0.2, 0.25) is 0 Å². The minimum atomic E-state index is -1.43. The van der Waals surface area contributed by atoms with Crippen molar-refractivity contribution in [1.29, 1.82) is 0 Å². The molecule has 8 rings (SSSR count). The Bertz CT molecular complexity index is 1540.